The molecule has 0 atom stereocenters. The van der Waals surface area contributed by atoms with Gasteiger partial charge in [0.05, 0.1) is 7.11 Å². The molecule has 0 aliphatic rings. The van der Waals surface area contributed by atoms with E-state index in [0.29, 0.717) is 6.54 Å². The molecule has 0 amide bonds. The molecule has 2 heteroatoms. The van der Waals surface area contributed by atoms with Gasteiger partial charge >= 0.3 is 0 Å². The zero-order valence-electron chi connectivity index (χ0n) is 8.71. The second kappa shape index (κ2) is 7.62. The first-order valence-corrected chi connectivity index (χ1v) is 4.62. The van der Waals surface area contributed by atoms with E-state index < -0.39 is 0 Å². The van der Waals surface area contributed by atoms with Crippen LogP contribution in [0.4, 0.5) is 0 Å². The van der Waals surface area contributed by atoms with E-state index >= 15 is 0 Å². The molecule has 0 aliphatic carbocycles. The molecule has 0 saturated carbocycles. The van der Waals surface area contributed by atoms with E-state index in [1.54, 1.807) is 7.11 Å². The maximum Gasteiger partial charge on any atom is 0.123 e. The van der Waals surface area contributed by atoms with Crippen molar-refractivity contribution in [3.63, 3.8) is 0 Å². The number of methoxy groups -OCH3 is 1. The van der Waals surface area contributed by atoms with Crippen molar-refractivity contribution in [2.75, 3.05) is 7.11 Å². The minimum Gasteiger partial charge on any atom is -0.496 e. The Hall–Kier alpha value is -1.02. The Bertz CT molecular complexity index is 200. The molecule has 0 aromatic heterocycles. The monoisotopic (exact) mass is 181 g/mol. The van der Waals surface area contributed by atoms with Gasteiger partial charge in [-0.25, -0.2) is 0 Å². The predicted molar refractivity (Wildman–Crippen MR) is 56.9 cm³/mol. The highest BCUT2D eigenvalue weighted by Gasteiger charge is 1.95. The van der Waals surface area contributed by atoms with E-state index in [9.17, 15) is 0 Å². The van der Waals surface area contributed by atoms with E-state index in [1.165, 1.54) is 6.42 Å². The van der Waals surface area contributed by atoms with Gasteiger partial charge in [-0.05, 0) is 6.07 Å². The van der Waals surface area contributed by atoms with Gasteiger partial charge in [-0.15, -0.1) is 0 Å². The van der Waals surface area contributed by atoms with Crippen molar-refractivity contribution < 1.29 is 4.74 Å². The van der Waals surface area contributed by atoms with Crippen LogP contribution in [-0.4, -0.2) is 7.11 Å². The maximum absolute atomic E-state index is 5.45. The molecule has 0 radical (unpaired) electrons. The van der Waals surface area contributed by atoms with Gasteiger partial charge in [0.2, 0.25) is 0 Å². The fraction of sp³-hybridized carbons (Fsp3) is 0.455. The Morgan fingerprint density at radius 1 is 1.23 bits per heavy atom. The molecule has 0 spiro atoms. The van der Waals surface area contributed by atoms with E-state index in [-0.39, 0.29) is 0 Å². The van der Waals surface area contributed by atoms with Gasteiger partial charge in [0.25, 0.3) is 0 Å². The van der Waals surface area contributed by atoms with Crippen molar-refractivity contribution in [3.05, 3.63) is 29.8 Å². The Kier molecular flexibility index (Phi) is 7.02. The summed E-state index contributed by atoms with van der Waals surface area (Å²) in [7, 11) is 1.65. The van der Waals surface area contributed by atoms with Crippen LogP contribution in [0.15, 0.2) is 24.3 Å². The van der Waals surface area contributed by atoms with Gasteiger partial charge in [0.15, 0.2) is 0 Å². The summed E-state index contributed by atoms with van der Waals surface area (Å²) in [6.45, 7) is 4.78. The molecule has 0 heterocycles. The first-order valence-electron chi connectivity index (χ1n) is 4.62. The predicted octanol–water partition coefficient (Wildman–Crippen LogP) is 2.57. The summed E-state index contributed by atoms with van der Waals surface area (Å²) in [6.07, 6.45) is 1.25. The molecule has 1 rings (SSSR count). The number of para-hydroxylation sites is 1. The number of rotatable bonds is 2. The number of hydrogen-bond donors (Lipinski definition) is 1. The highest BCUT2D eigenvalue weighted by Crippen LogP contribution is 2.15. The van der Waals surface area contributed by atoms with Gasteiger partial charge in [-0.1, -0.05) is 38.5 Å². The number of nitrogens with two attached hydrogens (primary N) is 1. The zero-order valence-corrected chi connectivity index (χ0v) is 8.71. The summed E-state index contributed by atoms with van der Waals surface area (Å²) in [5.74, 6) is 0.866. The molecule has 0 aliphatic heterocycles. The minimum absolute atomic E-state index is 0.532. The Morgan fingerprint density at radius 3 is 2.15 bits per heavy atom. The van der Waals surface area contributed by atoms with Crippen molar-refractivity contribution in [3.8, 4) is 5.75 Å². The summed E-state index contributed by atoms with van der Waals surface area (Å²) in [6, 6.07) is 7.74. The first-order chi connectivity index (χ1) is 6.29. The molecule has 1 aromatic rings. The maximum atomic E-state index is 5.45. The molecule has 2 N–H and O–H groups in total. The molecule has 13 heavy (non-hydrogen) atoms. The van der Waals surface area contributed by atoms with Crippen LogP contribution in [0.1, 0.15) is 25.8 Å². The fourth-order valence-electron chi connectivity index (χ4n) is 0.872. The highest BCUT2D eigenvalue weighted by molar-refractivity contribution is 5.32. The zero-order chi connectivity index (χ0) is 10.1. The topological polar surface area (TPSA) is 35.2 Å². The summed E-state index contributed by atoms with van der Waals surface area (Å²) in [5.41, 5.74) is 6.49. The van der Waals surface area contributed by atoms with Crippen LogP contribution in [0.2, 0.25) is 0 Å². The van der Waals surface area contributed by atoms with Crippen molar-refractivity contribution in [2.24, 2.45) is 5.73 Å². The Labute approximate surface area is 80.7 Å². The van der Waals surface area contributed by atoms with E-state index in [2.05, 4.69) is 13.8 Å². The Morgan fingerprint density at radius 2 is 1.77 bits per heavy atom. The summed E-state index contributed by atoms with van der Waals surface area (Å²) in [5, 5.41) is 0. The van der Waals surface area contributed by atoms with Crippen molar-refractivity contribution >= 4 is 0 Å². The SMILES string of the molecule is CCC.COc1ccccc1CN. The average molecular weight is 181 g/mol. The van der Waals surface area contributed by atoms with Crippen LogP contribution in [0.5, 0.6) is 5.75 Å². The fourth-order valence-corrected chi connectivity index (χ4v) is 0.872. The summed E-state index contributed by atoms with van der Waals surface area (Å²) >= 11 is 0. The molecular weight excluding hydrogens is 162 g/mol. The van der Waals surface area contributed by atoms with Gasteiger partial charge in [-0.3, -0.25) is 0 Å². The highest BCUT2D eigenvalue weighted by atomic mass is 16.5. The van der Waals surface area contributed by atoms with E-state index in [4.69, 9.17) is 10.5 Å². The second-order valence-electron chi connectivity index (χ2n) is 2.72. The Balaban J connectivity index is 0.000000424. The van der Waals surface area contributed by atoms with Crippen LogP contribution >= 0.6 is 0 Å². The third-order valence-corrected chi connectivity index (χ3v) is 1.41. The molecule has 0 bridgehead atoms. The molecular formula is C11H19NO. The summed E-state index contributed by atoms with van der Waals surface area (Å²) < 4.78 is 5.06. The number of benzene rings is 1. The van der Waals surface area contributed by atoms with Crippen LogP contribution in [0.3, 0.4) is 0 Å². The van der Waals surface area contributed by atoms with Crippen LogP contribution < -0.4 is 10.5 Å². The van der Waals surface area contributed by atoms with E-state index in [1.807, 2.05) is 24.3 Å². The van der Waals surface area contributed by atoms with Crippen LogP contribution in [-0.2, 0) is 6.54 Å². The third-order valence-electron chi connectivity index (χ3n) is 1.41. The lowest BCUT2D eigenvalue weighted by Crippen LogP contribution is -1.98. The third kappa shape index (κ3) is 4.53. The smallest absolute Gasteiger partial charge is 0.123 e. The van der Waals surface area contributed by atoms with E-state index in [0.717, 1.165) is 11.3 Å². The second-order valence-corrected chi connectivity index (χ2v) is 2.72. The average Bonchev–Trinajstić information content (AvgIpc) is 2.19. The van der Waals surface area contributed by atoms with Crippen molar-refractivity contribution in [1.82, 2.24) is 0 Å². The molecule has 74 valence electrons. The van der Waals surface area contributed by atoms with Gasteiger partial charge in [0, 0.05) is 12.1 Å². The summed E-state index contributed by atoms with van der Waals surface area (Å²) in [4.78, 5) is 0. The normalized spacial score (nSPS) is 8.62. The molecule has 0 fully saturated rings. The quantitative estimate of drug-likeness (QED) is 0.761. The largest absolute Gasteiger partial charge is 0.496 e. The number of hydrogen-bond acceptors (Lipinski definition) is 2. The van der Waals surface area contributed by atoms with Crippen LogP contribution in [0.25, 0.3) is 0 Å². The molecule has 2 nitrogen and oxygen atoms in total. The molecule has 1 aromatic carbocycles. The lowest BCUT2D eigenvalue weighted by atomic mass is 10.2. The standard InChI is InChI=1S/C8H11NO.C3H8/c1-10-8-5-3-2-4-7(8)6-9;1-3-2/h2-5H,6,9H2,1H3;3H2,1-2H3. The number of ether oxygens (including phenoxy) is 1. The molecule has 0 unspecified atom stereocenters. The van der Waals surface area contributed by atoms with Crippen molar-refractivity contribution in [2.45, 2.75) is 26.8 Å². The molecule has 0 saturated heterocycles. The lowest BCUT2D eigenvalue weighted by molar-refractivity contribution is 0.410. The lowest BCUT2D eigenvalue weighted by Gasteiger charge is -2.03. The van der Waals surface area contributed by atoms with Gasteiger partial charge in [-0.2, -0.15) is 0 Å². The van der Waals surface area contributed by atoms with Crippen LogP contribution in [0, 0.1) is 0 Å². The first kappa shape index (κ1) is 12.0. The minimum atomic E-state index is 0.532. The van der Waals surface area contributed by atoms with Crippen molar-refractivity contribution in [1.29, 1.82) is 0 Å². The van der Waals surface area contributed by atoms with Gasteiger partial charge < -0.3 is 10.5 Å². The van der Waals surface area contributed by atoms with Gasteiger partial charge in [0.1, 0.15) is 5.75 Å².